The van der Waals surface area contributed by atoms with Crippen molar-refractivity contribution in [2.75, 3.05) is 45.9 Å². The zero-order chi connectivity index (χ0) is 58.4. The minimum Gasteiger partial charge on any atom is -0.344 e. The van der Waals surface area contributed by atoms with Crippen LogP contribution >= 0.6 is 0 Å². The van der Waals surface area contributed by atoms with Gasteiger partial charge in [0, 0.05) is 100 Å². The first-order valence-corrected chi connectivity index (χ1v) is 36.8. The SMILES string of the molecule is O=S(=O)(c1ccccc1)N1CCC2(CC1)COC1(OO2)C2CC3CC(C2)CC1C3.O=S(=O)(c1ccccc1)N1CCC2(CC1)OOC1(O2)C2CC3CC(C2)CC1C3.O=S(=O)(c1ccccc1)N1CCC2(CC1)OOC1(OO2)C2CC3CC(C2)CC1C3. The molecule has 0 atom stereocenters. The van der Waals surface area contributed by atoms with E-state index in [1.807, 2.05) is 18.2 Å². The van der Waals surface area contributed by atoms with Crippen LogP contribution in [-0.4, -0.2) is 119 Å². The van der Waals surface area contributed by atoms with Crippen molar-refractivity contribution in [1.82, 2.24) is 12.9 Å². The van der Waals surface area contributed by atoms with Gasteiger partial charge in [0.2, 0.25) is 59.0 Å². The molecule has 6 aliphatic heterocycles. The molecule has 12 saturated carbocycles. The summed E-state index contributed by atoms with van der Waals surface area (Å²) in [5, 5.41) is 0. The minimum atomic E-state index is -3.52. The zero-order valence-electron chi connectivity index (χ0n) is 49.0. The fraction of sp³-hybridized carbons (Fsp3) is 0.719. The average molecular weight is 1250 g/mol. The van der Waals surface area contributed by atoms with E-state index in [0.29, 0.717) is 135 Å². The van der Waals surface area contributed by atoms with Crippen molar-refractivity contribution in [3.8, 4) is 0 Å². The van der Waals surface area contributed by atoms with Crippen molar-refractivity contribution in [2.45, 2.75) is 184 Å². The van der Waals surface area contributed by atoms with E-state index in [2.05, 4.69) is 0 Å². The molecule has 19 nitrogen and oxygen atoms in total. The number of hydrogen-bond donors (Lipinski definition) is 0. The lowest BCUT2D eigenvalue weighted by Crippen LogP contribution is -2.66. The van der Waals surface area contributed by atoms with E-state index < -0.39 is 64.6 Å². The molecule has 21 rings (SSSR count). The minimum absolute atomic E-state index is 0.300. The number of hydrogen-bond acceptors (Lipinski definition) is 16. The smallest absolute Gasteiger partial charge is 0.243 e. The number of rotatable bonds is 6. The van der Waals surface area contributed by atoms with Gasteiger partial charge in [-0.1, -0.05) is 54.6 Å². The van der Waals surface area contributed by atoms with E-state index in [1.165, 1.54) is 74.9 Å². The van der Waals surface area contributed by atoms with Crippen LogP contribution in [-0.2, 0) is 78.6 Å². The highest BCUT2D eigenvalue weighted by Crippen LogP contribution is 2.65. The Labute approximate surface area is 506 Å². The molecule has 3 aromatic carbocycles. The second kappa shape index (κ2) is 21.5. The molecule has 86 heavy (non-hydrogen) atoms. The van der Waals surface area contributed by atoms with Crippen molar-refractivity contribution < 1.29 is 73.8 Å². The molecule has 6 saturated heterocycles. The van der Waals surface area contributed by atoms with Crippen LogP contribution < -0.4 is 0 Å². The Morgan fingerprint density at radius 2 is 0.605 bits per heavy atom. The highest BCUT2D eigenvalue weighted by molar-refractivity contribution is 7.89. The van der Waals surface area contributed by atoms with Crippen molar-refractivity contribution in [2.24, 2.45) is 71.0 Å². The molecule has 0 aromatic heterocycles. The molecule has 6 spiro atoms. The Morgan fingerprint density at radius 1 is 0.314 bits per heavy atom. The zero-order valence-corrected chi connectivity index (χ0v) is 51.4. The third-order valence-electron chi connectivity index (χ3n) is 23.8. The van der Waals surface area contributed by atoms with Gasteiger partial charge in [0.15, 0.2) is 0 Å². The van der Waals surface area contributed by atoms with Crippen LogP contribution in [0.5, 0.6) is 0 Å². The van der Waals surface area contributed by atoms with E-state index in [-0.39, 0.29) is 0 Å². The normalized spacial score (nSPS) is 40.3. The van der Waals surface area contributed by atoms with Crippen LogP contribution in [0.2, 0.25) is 0 Å². The number of ether oxygens (including phenoxy) is 2. The summed E-state index contributed by atoms with van der Waals surface area (Å²) in [5.41, 5.74) is -0.525. The molecular formula is C64H83N3O16S3. The second-order valence-corrected chi connectivity index (χ2v) is 34.6. The van der Waals surface area contributed by atoms with Crippen molar-refractivity contribution in [3.63, 3.8) is 0 Å². The van der Waals surface area contributed by atoms with Gasteiger partial charge in [-0.25, -0.2) is 30.1 Å². The Bertz CT molecular complexity index is 3060. The summed E-state index contributed by atoms with van der Waals surface area (Å²) < 4.78 is 95.0. The third kappa shape index (κ3) is 9.80. The first kappa shape index (κ1) is 58.1. The maximum absolute atomic E-state index is 12.9. The molecule has 6 heterocycles. The summed E-state index contributed by atoms with van der Waals surface area (Å²) in [6.45, 7) is 2.73. The highest BCUT2D eigenvalue weighted by Gasteiger charge is 2.69. The molecule has 0 unspecified atom stereocenters. The Hall–Kier alpha value is -3.01. The fourth-order valence-electron chi connectivity index (χ4n) is 19.8. The van der Waals surface area contributed by atoms with Crippen LogP contribution in [0.4, 0.5) is 0 Å². The van der Waals surface area contributed by atoms with Crippen LogP contribution in [0.25, 0.3) is 0 Å². The van der Waals surface area contributed by atoms with Gasteiger partial charge in [-0.05, 0) is 181 Å². The molecular weight excluding hydrogens is 1160 g/mol. The van der Waals surface area contributed by atoms with Gasteiger partial charge in [-0.3, -0.25) is 0 Å². The van der Waals surface area contributed by atoms with E-state index in [1.54, 1.807) is 81.4 Å². The van der Waals surface area contributed by atoms with Crippen LogP contribution in [0.3, 0.4) is 0 Å². The summed E-state index contributed by atoms with van der Waals surface area (Å²) >= 11 is 0. The lowest BCUT2D eigenvalue weighted by Gasteiger charge is -2.61. The Balaban J connectivity index is 0.000000105. The molecule has 0 N–H and O–H groups in total. The average Bonchev–Trinajstić information content (AvgIpc) is 1.74. The Morgan fingerprint density at radius 3 is 0.953 bits per heavy atom. The lowest BCUT2D eigenvalue weighted by molar-refractivity contribution is -0.680. The monoisotopic (exact) mass is 1250 g/mol. The van der Waals surface area contributed by atoms with Gasteiger partial charge in [0.05, 0.1) is 21.3 Å². The first-order valence-electron chi connectivity index (χ1n) is 32.4. The van der Waals surface area contributed by atoms with Gasteiger partial charge in [0.1, 0.15) is 5.60 Å². The maximum Gasteiger partial charge on any atom is 0.243 e. The van der Waals surface area contributed by atoms with Crippen LogP contribution in [0, 0.1) is 71.0 Å². The summed E-state index contributed by atoms with van der Waals surface area (Å²) in [4.78, 5) is 49.0. The standard InChI is InChI=1S/C22H29NO5S.C21H27NO6S.C21H27NO5S/c24-29(25,20-4-2-1-3-5-20)23-8-6-21(7-9-23)15-26-22(28-27-21)18-11-16-10-17(13-18)14-19(22)12-16;23-29(24,19-4-2-1-3-5-19)22-8-6-20(7-9-22)25-27-21(28-26-20)17-11-15-10-16(13-17)14-18(21)12-15;23-28(24,19-4-2-1-3-5-19)22-8-6-20(7-9-22)25-21(27-26-20)17-11-15-10-16(13-17)14-18(21)12-15/h1-5,16-19H,6-15H2;1-5,15-18H,6-14H2;1-5,15-18H,6-14H2. The van der Waals surface area contributed by atoms with E-state index in [0.717, 1.165) is 61.2 Å². The molecule has 3 aromatic rings. The van der Waals surface area contributed by atoms with Crippen LogP contribution in [0.1, 0.15) is 135 Å². The predicted octanol–water partition coefficient (Wildman–Crippen LogP) is 9.87. The van der Waals surface area contributed by atoms with Crippen molar-refractivity contribution in [1.29, 1.82) is 0 Å². The lowest BCUT2D eigenvalue weighted by atomic mass is 9.53. The van der Waals surface area contributed by atoms with E-state index in [4.69, 9.17) is 48.6 Å². The maximum atomic E-state index is 12.9. The largest absolute Gasteiger partial charge is 0.344 e. The number of piperidine rings is 3. The van der Waals surface area contributed by atoms with Gasteiger partial charge < -0.3 is 9.47 Å². The summed E-state index contributed by atoms with van der Waals surface area (Å²) in [6, 6.07) is 25.8. The van der Waals surface area contributed by atoms with Gasteiger partial charge >= 0.3 is 0 Å². The predicted molar refractivity (Wildman–Crippen MR) is 307 cm³/mol. The van der Waals surface area contributed by atoms with Crippen molar-refractivity contribution in [3.05, 3.63) is 91.0 Å². The molecule has 12 aliphatic carbocycles. The quantitative estimate of drug-likeness (QED) is 0.211. The molecule has 468 valence electrons. The van der Waals surface area contributed by atoms with Gasteiger partial charge in [0.25, 0.3) is 0 Å². The number of nitrogens with zero attached hydrogens (tertiary/aromatic N) is 3. The summed E-state index contributed by atoms with van der Waals surface area (Å²) in [5.74, 6) is 3.61. The Kier molecular flexibility index (Phi) is 14.6. The van der Waals surface area contributed by atoms with Crippen molar-refractivity contribution >= 4 is 30.1 Å². The second-order valence-electron chi connectivity index (χ2n) is 28.8. The fourth-order valence-corrected chi connectivity index (χ4v) is 24.2. The molecule has 22 heteroatoms. The van der Waals surface area contributed by atoms with Gasteiger partial charge in [-0.15, -0.1) is 0 Å². The number of benzene rings is 3. The number of sulfonamides is 3. The molecule has 18 fully saturated rings. The van der Waals surface area contributed by atoms with Crippen LogP contribution in [0.15, 0.2) is 106 Å². The molecule has 18 aliphatic rings. The van der Waals surface area contributed by atoms with Gasteiger partial charge in [-0.2, -0.15) is 47.1 Å². The first-order chi connectivity index (χ1) is 41.5. The molecule has 0 radical (unpaired) electrons. The van der Waals surface area contributed by atoms with E-state index >= 15 is 0 Å². The highest BCUT2D eigenvalue weighted by atomic mass is 32.2. The summed E-state index contributed by atoms with van der Waals surface area (Å²) in [7, 11) is -10.5. The molecule has 12 bridgehead atoms. The topological polar surface area (TPSA) is 204 Å². The third-order valence-corrected chi connectivity index (χ3v) is 29.5. The van der Waals surface area contributed by atoms with E-state index in [9.17, 15) is 25.3 Å². The molecule has 0 amide bonds. The summed E-state index contributed by atoms with van der Waals surface area (Å²) in [6.07, 6.45) is 21.1.